The molecule has 0 bridgehead atoms. The van der Waals surface area contributed by atoms with Crippen molar-refractivity contribution in [1.82, 2.24) is 47.0 Å². The number of phenolic OH excluding ortho intramolecular Hbond substituents is 1. The van der Waals surface area contributed by atoms with E-state index in [9.17, 15) is 19.8 Å². The molecule has 86 heavy (non-hydrogen) atoms. The normalized spacial score (nSPS) is 15.6. The third-order valence-corrected chi connectivity index (χ3v) is 14.9. The summed E-state index contributed by atoms with van der Waals surface area (Å²) in [6.07, 6.45) is 0. The monoisotopic (exact) mass is 1190 g/mol. The topological polar surface area (TPSA) is 237 Å². The van der Waals surface area contributed by atoms with Crippen LogP contribution in [0.4, 0.5) is 5.69 Å². The second-order valence-corrected chi connectivity index (χ2v) is 21.6. The van der Waals surface area contributed by atoms with Gasteiger partial charge in [-0.25, -0.2) is 4.79 Å². The Kier molecular flexibility index (Phi) is 25.1. The zero-order valence-corrected chi connectivity index (χ0v) is 49.7. The summed E-state index contributed by atoms with van der Waals surface area (Å²) < 4.78 is 36.7. The van der Waals surface area contributed by atoms with Crippen LogP contribution in [0.15, 0.2) is 131 Å². The Balaban J connectivity index is 0.736. The number of rotatable bonds is 23. The van der Waals surface area contributed by atoms with Gasteiger partial charge in [0.2, 0.25) is 0 Å². The Bertz CT molecular complexity index is 3140. The third kappa shape index (κ3) is 20.4. The van der Waals surface area contributed by atoms with Gasteiger partial charge in [-0.3, -0.25) is 14.6 Å². The van der Waals surface area contributed by atoms with E-state index in [2.05, 4.69) is 82.7 Å². The number of benzene rings is 6. The number of ether oxygens (including phenoxy) is 5. The third-order valence-electron chi connectivity index (χ3n) is 14.7. The summed E-state index contributed by atoms with van der Waals surface area (Å²) in [4.78, 5) is 29.9. The number of carbonyl (C=O) groups is 1. The molecule has 0 saturated carbocycles. The lowest BCUT2D eigenvalue weighted by Crippen LogP contribution is -2.41. The molecule has 0 spiro atoms. The number of hydrogen-bond acceptors (Lipinski definition) is 18. The minimum Gasteiger partial charge on any atom is -0.508 e. The van der Waals surface area contributed by atoms with E-state index in [1.807, 2.05) is 36.4 Å². The maximum Gasteiger partial charge on any atom is 0.336 e. The van der Waals surface area contributed by atoms with Crippen LogP contribution in [0.2, 0.25) is 0 Å². The molecule has 2 fully saturated rings. The van der Waals surface area contributed by atoms with Crippen LogP contribution in [-0.4, -0.2) is 175 Å². The van der Waals surface area contributed by atoms with E-state index in [1.165, 1.54) is 41.5 Å². The maximum atomic E-state index is 12.7. The van der Waals surface area contributed by atoms with Crippen LogP contribution in [-0.2, 0) is 35.8 Å². The van der Waals surface area contributed by atoms with Crippen molar-refractivity contribution in [3.05, 3.63) is 159 Å². The molecule has 0 aromatic heterocycles. The van der Waals surface area contributed by atoms with Gasteiger partial charge in [-0.1, -0.05) is 30.3 Å². The van der Waals surface area contributed by atoms with Crippen LogP contribution in [0.5, 0.6) is 23.0 Å². The molecular weight excluding hydrogens is 1110 g/mol. The molecular formula is C65H82N10O10S. The van der Waals surface area contributed by atoms with Crippen LogP contribution in [0.1, 0.15) is 32.6 Å². The fourth-order valence-corrected chi connectivity index (χ4v) is 10.5. The fourth-order valence-electron chi connectivity index (χ4n) is 10.3. The molecule has 0 amide bonds. The lowest BCUT2D eigenvalue weighted by atomic mass is 9.90. The van der Waals surface area contributed by atoms with E-state index in [0.29, 0.717) is 91.9 Å². The van der Waals surface area contributed by atoms with Crippen LogP contribution in [0.25, 0.3) is 33.4 Å². The van der Waals surface area contributed by atoms with E-state index < -0.39 is 5.97 Å². The zero-order valence-electron chi connectivity index (χ0n) is 48.9. The zero-order chi connectivity index (χ0) is 59.6. The highest BCUT2D eigenvalue weighted by atomic mass is 32.1. The largest absolute Gasteiger partial charge is 0.508 e. The molecule has 2 saturated heterocycles. The lowest BCUT2D eigenvalue weighted by Gasteiger charge is -2.24. The van der Waals surface area contributed by atoms with Gasteiger partial charge in [0.05, 0.1) is 32.0 Å². The first-order valence-corrected chi connectivity index (χ1v) is 30.3. The molecule has 10 N–H and O–H groups in total. The van der Waals surface area contributed by atoms with Crippen molar-refractivity contribution in [2.45, 2.75) is 26.3 Å². The summed E-state index contributed by atoms with van der Waals surface area (Å²) in [7, 11) is 0. The highest BCUT2D eigenvalue weighted by molar-refractivity contribution is 7.80. The molecule has 458 valence electrons. The molecule has 0 unspecified atom stereocenters. The van der Waals surface area contributed by atoms with Crippen molar-refractivity contribution in [3.8, 4) is 45.4 Å². The van der Waals surface area contributed by atoms with Gasteiger partial charge in [0, 0.05) is 159 Å². The number of fused-ring (bicyclic) bond motifs is 2. The van der Waals surface area contributed by atoms with Crippen LogP contribution in [0.3, 0.4) is 0 Å². The first kappa shape index (κ1) is 63.3. The fraction of sp³-hybridized carbons (Fsp3) is 0.400. The van der Waals surface area contributed by atoms with E-state index in [0.717, 1.165) is 140 Å². The first-order valence-electron chi connectivity index (χ1n) is 29.8. The van der Waals surface area contributed by atoms with Crippen LogP contribution < -0.4 is 62.2 Å². The molecule has 0 atom stereocenters. The van der Waals surface area contributed by atoms with Crippen LogP contribution >= 0.6 is 12.2 Å². The summed E-state index contributed by atoms with van der Waals surface area (Å²) in [6.45, 7) is 20.0. The Labute approximate surface area is 508 Å². The summed E-state index contributed by atoms with van der Waals surface area (Å²) in [5, 5.41) is 48.7. The van der Waals surface area contributed by atoms with Gasteiger partial charge < -0.3 is 80.8 Å². The molecule has 21 heteroatoms. The van der Waals surface area contributed by atoms with Crippen molar-refractivity contribution in [2.24, 2.45) is 0 Å². The van der Waals surface area contributed by atoms with Gasteiger partial charge in [0.15, 0.2) is 10.5 Å². The molecule has 0 radical (unpaired) electrons. The van der Waals surface area contributed by atoms with Crippen molar-refractivity contribution < 1.29 is 43.1 Å². The average molecular weight is 1200 g/mol. The van der Waals surface area contributed by atoms with Crippen molar-refractivity contribution >= 4 is 40.0 Å². The van der Waals surface area contributed by atoms with Gasteiger partial charge >= 0.3 is 5.97 Å². The predicted octanol–water partition coefficient (Wildman–Crippen LogP) is 5.69. The molecule has 5 aromatic rings. The number of thiocarbonyl (C=S) groups is 1. The Morgan fingerprint density at radius 2 is 1.06 bits per heavy atom. The van der Waals surface area contributed by atoms with Gasteiger partial charge in [-0.2, -0.15) is 0 Å². The van der Waals surface area contributed by atoms with E-state index in [4.69, 9.17) is 40.3 Å². The predicted molar refractivity (Wildman–Crippen MR) is 340 cm³/mol. The van der Waals surface area contributed by atoms with E-state index in [-0.39, 0.29) is 27.6 Å². The smallest absolute Gasteiger partial charge is 0.336 e. The number of anilines is 1. The molecule has 1 aliphatic carbocycles. The maximum absolute atomic E-state index is 12.7. The molecule has 20 nitrogen and oxygen atoms in total. The summed E-state index contributed by atoms with van der Waals surface area (Å²) >= 11 is 5.54. The number of nitrogens with zero attached hydrogens (tertiary/aromatic N) is 2. The van der Waals surface area contributed by atoms with Gasteiger partial charge in [-0.05, 0) is 119 Å². The number of aromatic carboxylic acids is 1. The van der Waals surface area contributed by atoms with Gasteiger partial charge in [-0.15, -0.1) is 0 Å². The first-order chi connectivity index (χ1) is 42.2. The minimum absolute atomic E-state index is 0.00271. The highest BCUT2D eigenvalue weighted by Crippen LogP contribution is 2.42. The number of hydrogen-bond donors (Lipinski definition) is 10. The molecule has 3 aliphatic heterocycles. The van der Waals surface area contributed by atoms with Crippen molar-refractivity contribution in [1.29, 1.82) is 0 Å². The van der Waals surface area contributed by atoms with Crippen molar-refractivity contribution in [3.63, 3.8) is 0 Å². The highest BCUT2D eigenvalue weighted by Gasteiger charge is 2.23. The van der Waals surface area contributed by atoms with E-state index in [1.54, 1.807) is 24.3 Å². The van der Waals surface area contributed by atoms with Crippen LogP contribution in [0, 0.1) is 0 Å². The lowest BCUT2D eigenvalue weighted by molar-refractivity contribution is 0.0380. The second kappa shape index (κ2) is 34.2. The quantitative estimate of drug-likeness (QED) is 0.0210. The molecule has 5 aromatic carbocycles. The van der Waals surface area contributed by atoms with Crippen molar-refractivity contribution in [2.75, 3.05) is 150 Å². The standard InChI is InChI=1S/C65H82N10O10S/c76-52-6-13-58-61(41-52)85-62-42-53(77)7-14-59(62)63(58)57-12-5-51(40-60(57)64(78)79)73-65(86)72-27-32-80-33-34-81-35-36-82-56-38-49(45-83-54-8-1-47(2-9-54)43-74-28-23-68-19-15-66-16-20-69-24-29-74)37-50(39-56)46-84-55-10-3-48(4-11-55)44-75-30-25-70-21-17-67-18-22-71-26-31-75/h1-14,37-42,66-71,76H,15-36,43-46H2,(H,78,79)(H2,72,73,86). The Morgan fingerprint density at radius 3 is 1.62 bits per heavy atom. The molecule has 4 aliphatic rings. The average Bonchev–Trinajstić information content (AvgIpc) is 0.932. The Hall–Kier alpha value is -7.25. The van der Waals surface area contributed by atoms with Gasteiger partial charge in [0.1, 0.15) is 54.2 Å². The number of nitrogens with one attached hydrogen (secondary N) is 8. The van der Waals surface area contributed by atoms with E-state index >= 15 is 0 Å². The summed E-state index contributed by atoms with van der Waals surface area (Å²) in [6, 6.07) is 36.8. The minimum atomic E-state index is -1.16. The number of carboxylic acids is 1. The summed E-state index contributed by atoms with van der Waals surface area (Å²) in [5.41, 5.74) is 6.40. The Morgan fingerprint density at radius 1 is 0.535 bits per heavy atom. The SMILES string of the molecule is O=C(O)c1cc(NC(=S)NCCOCCOCCOc2cc(COc3ccc(CN4CCNCCNCCNCC4)cc3)cc(COc3ccc(CN4CCNCCNCCNCC4)cc3)c2)ccc1-c1c2ccc(=O)cc-2oc2cc(O)ccc12. The summed E-state index contributed by atoms with van der Waals surface area (Å²) in [5.74, 6) is 1.35. The molecule has 9 rings (SSSR count). The molecule has 3 heterocycles. The van der Waals surface area contributed by atoms with Gasteiger partial charge in [0.25, 0.3) is 0 Å². The number of phenols is 1. The number of aromatic hydroxyl groups is 1. The second-order valence-electron chi connectivity index (χ2n) is 21.2. The number of carboxylic acid groups (broad SMARTS) is 1.